The molecule has 1 atom stereocenters. The number of benzene rings is 2. The molecule has 1 unspecified atom stereocenters. The normalized spacial score (nSPS) is 17.5. The molecule has 0 amide bonds. The van der Waals surface area contributed by atoms with Crippen molar-refractivity contribution < 1.29 is 21.9 Å². The number of hydrogen-bond acceptors (Lipinski definition) is 6. The van der Waals surface area contributed by atoms with Gasteiger partial charge in [-0.2, -0.15) is 0 Å². The maximum Gasteiger partial charge on any atom is 0.241 e. The van der Waals surface area contributed by atoms with E-state index in [1.54, 1.807) is 12.1 Å². The van der Waals surface area contributed by atoms with Gasteiger partial charge in [-0.05, 0) is 53.9 Å². The van der Waals surface area contributed by atoms with Gasteiger partial charge in [-0.3, -0.25) is 0 Å². The summed E-state index contributed by atoms with van der Waals surface area (Å²) in [5, 5.41) is 23.7. The Morgan fingerprint density at radius 2 is 1.63 bits per heavy atom. The van der Waals surface area contributed by atoms with E-state index in [1.807, 2.05) is 0 Å². The molecule has 148 valence electrons. The summed E-state index contributed by atoms with van der Waals surface area (Å²) in [7, 11) is -7.82. The third-order valence-electron chi connectivity index (χ3n) is 4.43. The van der Waals surface area contributed by atoms with E-state index in [-0.39, 0.29) is 32.7 Å². The van der Waals surface area contributed by atoms with Gasteiger partial charge in [0.2, 0.25) is 20.0 Å². The molecule has 0 fully saturated rings. The van der Waals surface area contributed by atoms with Crippen molar-refractivity contribution in [2.24, 2.45) is 10.3 Å². The fourth-order valence-corrected chi connectivity index (χ4v) is 4.33. The summed E-state index contributed by atoms with van der Waals surface area (Å²) < 4.78 is 46.1. The predicted molar refractivity (Wildman–Crippen MR) is 106 cm³/mol. The van der Waals surface area contributed by atoms with Crippen LogP contribution in [0.3, 0.4) is 0 Å². The molecular formula is C16H20BrN3O5S2. The monoisotopic (exact) mass is 477 g/mol. The second-order valence-corrected chi connectivity index (χ2v) is 9.28. The van der Waals surface area contributed by atoms with Crippen molar-refractivity contribution in [3.8, 4) is 5.75 Å². The summed E-state index contributed by atoms with van der Waals surface area (Å²) in [6, 6.07) is 8.98. The number of rotatable bonds is 3. The number of nitrogens with two attached hydrogens (primary N) is 2. The number of sulfonamides is 2. The van der Waals surface area contributed by atoms with E-state index in [0.29, 0.717) is 19.5 Å². The van der Waals surface area contributed by atoms with E-state index in [2.05, 4.69) is 5.32 Å². The lowest BCUT2D eigenvalue weighted by Crippen LogP contribution is -2.21. The second-order valence-electron chi connectivity index (χ2n) is 6.18. The lowest BCUT2D eigenvalue weighted by atomic mass is 9.88. The minimum atomic E-state index is -4.03. The summed E-state index contributed by atoms with van der Waals surface area (Å²) in [6.45, 7) is 1.18. The van der Waals surface area contributed by atoms with Gasteiger partial charge in [-0.15, -0.1) is 17.0 Å². The summed E-state index contributed by atoms with van der Waals surface area (Å²) in [5.74, 6) is -0.596. The topological polar surface area (TPSA) is 153 Å². The van der Waals surface area contributed by atoms with Crippen LogP contribution in [-0.2, 0) is 26.5 Å². The van der Waals surface area contributed by atoms with Gasteiger partial charge >= 0.3 is 0 Å². The van der Waals surface area contributed by atoms with E-state index >= 15 is 0 Å². The quantitative estimate of drug-likeness (QED) is 0.505. The fraction of sp³-hybridized carbons (Fsp3) is 0.250. The number of hydrogen-bond donors (Lipinski definition) is 4. The van der Waals surface area contributed by atoms with E-state index in [9.17, 15) is 21.9 Å². The molecular weight excluding hydrogens is 458 g/mol. The Labute approximate surface area is 168 Å². The van der Waals surface area contributed by atoms with Crippen LogP contribution < -0.4 is 15.6 Å². The van der Waals surface area contributed by atoms with E-state index < -0.39 is 25.8 Å². The molecule has 2 aromatic rings. The molecule has 3 rings (SSSR count). The number of primary sulfonamides is 2. The van der Waals surface area contributed by atoms with Crippen LogP contribution >= 0.6 is 17.0 Å². The van der Waals surface area contributed by atoms with Crippen LogP contribution in [0.15, 0.2) is 46.2 Å². The van der Waals surface area contributed by atoms with Crippen LogP contribution in [0.5, 0.6) is 5.75 Å². The van der Waals surface area contributed by atoms with Gasteiger partial charge in [0.05, 0.1) is 4.90 Å². The van der Waals surface area contributed by atoms with Gasteiger partial charge in [0.1, 0.15) is 10.6 Å². The van der Waals surface area contributed by atoms with Crippen molar-refractivity contribution >= 4 is 37.0 Å². The van der Waals surface area contributed by atoms with Crippen LogP contribution in [0.25, 0.3) is 0 Å². The Kier molecular flexibility index (Phi) is 6.34. The number of nitrogens with one attached hydrogen (secondary N) is 1. The maximum atomic E-state index is 11.6. The smallest absolute Gasteiger partial charge is 0.241 e. The Morgan fingerprint density at radius 3 is 2.19 bits per heavy atom. The van der Waals surface area contributed by atoms with Crippen molar-refractivity contribution in [1.29, 1.82) is 0 Å². The van der Waals surface area contributed by atoms with Gasteiger partial charge in [0, 0.05) is 12.5 Å². The first kappa shape index (κ1) is 21.8. The Bertz CT molecular complexity index is 1050. The summed E-state index contributed by atoms with van der Waals surface area (Å²) in [4.78, 5) is -0.294. The number of fused-ring (bicyclic) bond motifs is 1. The number of aromatic hydroxyl groups is 1. The Morgan fingerprint density at radius 1 is 1.00 bits per heavy atom. The number of halogens is 1. The maximum absolute atomic E-state index is 11.6. The van der Waals surface area contributed by atoms with Crippen molar-refractivity contribution in [2.45, 2.75) is 22.1 Å². The third kappa shape index (κ3) is 4.68. The minimum Gasteiger partial charge on any atom is -0.507 e. The highest BCUT2D eigenvalue weighted by molar-refractivity contribution is 8.93. The van der Waals surface area contributed by atoms with E-state index in [1.165, 1.54) is 24.3 Å². The van der Waals surface area contributed by atoms with Gasteiger partial charge in [0.15, 0.2) is 0 Å². The first-order chi connectivity index (χ1) is 12.1. The highest BCUT2D eigenvalue weighted by atomic mass is 79.9. The molecule has 0 saturated carbocycles. The van der Waals surface area contributed by atoms with E-state index in [0.717, 1.165) is 16.7 Å². The third-order valence-corrected chi connectivity index (χ3v) is 6.30. The van der Waals surface area contributed by atoms with Crippen molar-refractivity contribution in [3.05, 3.63) is 53.1 Å². The highest BCUT2D eigenvalue weighted by Gasteiger charge is 2.25. The molecule has 11 heteroatoms. The highest BCUT2D eigenvalue weighted by Crippen LogP contribution is 2.35. The molecule has 1 aliphatic heterocycles. The summed E-state index contributed by atoms with van der Waals surface area (Å²) in [6.07, 6.45) is 0.573. The largest absolute Gasteiger partial charge is 0.507 e. The molecule has 0 saturated heterocycles. The minimum absolute atomic E-state index is 0. The SMILES string of the molecule is Br.NS(=O)(=O)c1ccc(C2CNCCc3cc(S(N)(=O)=O)c(O)cc32)cc1. The zero-order valence-electron chi connectivity index (χ0n) is 14.1. The van der Waals surface area contributed by atoms with Crippen LogP contribution in [0, 0.1) is 0 Å². The molecule has 1 heterocycles. The second kappa shape index (κ2) is 7.86. The van der Waals surface area contributed by atoms with Crippen LogP contribution in [-0.4, -0.2) is 35.0 Å². The zero-order valence-corrected chi connectivity index (χ0v) is 17.5. The van der Waals surface area contributed by atoms with Gasteiger partial charge in [-0.1, -0.05) is 12.1 Å². The molecule has 0 radical (unpaired) electrons. The molecule has 0 spiro atoms. The molecule has 2 aromatic carbocycles. The first-order valence-electron chi connectivity index (χ1n) is 7.79. The molecule has 6 N–H and O–H groups in total. The fourth-order valence-electron chi connectivity index (χ4n) is 3.16. The van der Waals surface area contributed by atoms with Gasteiger partial charge in [0.25, 0.3) is 0 Å². The average Bonchev–Trinajstić information content (AvgIpc) is 2.74. The molecule has 0 bridgehead atoms. The molecule has 0 aromatic heterocycles. The van der Waals surface area contributed by atoms with Crippen LogP contribution in [0.4, 0.5) is 0 Å². The van der Waals surface area contributed by atoms with Gasteiger partial charge in [-0.25, -0.2) is 27.1 Å². The average molecular weight is 478 g/mol. The number of phenols is 1. The zero-order chi connectivity index (χ0) is 19.1. The lowest BCUT2D eigenvalue weighted by Gasteiger charge is -2.19. The predicted octanol–water partition coefficient (Wildman–Crippen LogP) is 0.543. The van der Waals surface area contributed by atoms with Crippen molar-refractivity contribution in [1.82, 2.24) is 5.32 Å². The first-order valence-corrected chi connectivity index (χ1v) is 10.9. The molecule has 1 aliphatic rings. The summed E-state index contributed by atoms with van der Waals surface area (Å²) >= 11 is 0. The van der Waals surface area contributed by atoms with E-state index in [4.69, 9.17) is 10.3 Å². The van der Waals surface area contributed by atoms with Crippen molar-refractivity contribution in [2.75, 3.05) is 13.1 Å². The molecule has 0 aliphatic carbocycles. The number of phenolic OH excluding ortho intramolecular Hbond substituents is 1. The molecule has 27 heavy (non-hydrogen) atoms. The van der Waals surface area contributed by atoms with Crippen LogP contribution in [0.1, 0.15) is 22.6 Å². The lowest BCUT2D eigenvalue weighted by molar-refractivity contribution is 0.457. The Balaban J connectivity index is 0.00000261. The standard InChI is InChI=1S/C16H19N3O5S2.BrH/c17-25(21,22)12-3-1-10(2-4-12)14-9-19-6-5-11-7-16(26(18,23)24)15(20)8-13(11)14;/h1-4,7-8,14,19-20H,5-6,9H2,(H2,17,21,22)(H2,18,23,24);1H. The van der Waals surface area contributed by atoms with Crippen LogP contribution in [0.2, 0.25) is 0 Å². The Hall–Kier alpha value is -1.50. The van der Waals surface area contributed by atoms with Gasteiger partial charge < -0.3 is 10.4 Å². The van der Waals surface area contributed by atoms with Crippen molar-refractivity contribution in [3.63, 3.8) is 0 Å². The molecule has 8 nitrogen and oxygen atoms in total. The summed E-state index contributed by atoms with van der Waals surface area (Å²) in [5.41, 5.74) is 2.34.